The van der Waals surface area contributed by atoms with Crippen LogP contribution in [0.3, 0.4) is 0 Å². The van der Waals surface area contributed by atoms with Crippen LogP contribution in [0.2, 0.25) is 0 Å². The van der Waals surface area contributed by atoms with Gasteiger partial charge in [0, 0.05) is 56.3 Å². The maximum Gasteiger partial charge on any atom is 0.132 e. The molecular weight excluding hydrogens is 735 g/mol. The van der Waals surface area contributed by atoms with Crippen LogP contribution in [0.25, 0.3) is 77.5 Å². The van der Waals surface area contributed by atoms with E-state index >= 15 is 0 Å². The molecule has 4 aromatic heterocycles. The standard InChI is InChI=1S/C54H31N5O/c55-32-40-39(33-25-26-51-44(29-33)54(41-17-5-10-24-50(41)60-51)42-18-11-27-56-52(42)53-43(54)19-12-28-57-53)30-34(58-45-20-6-1-13-35(45)36-14-2-7-21-46(36)58)31-49(40)59-47-22-8-3-15-37(47)38-16-4-9-23-48(38)59/h1-31H. The Morgan fingerprint density at radius 1 is 0.467 bits per heavy atom. The quantitative estimate of drug-likeness (QED) is 0.180. The number of nitriles is 1. The second-order valence-corrected chi connectivity index (χ2v) is 15.6. The number of rotatable bonds is 3. The molecule has 6 nitrogen and oxygen atoms in total. The summed E-state index contributed by atoms with van der Waals surface area (Å²) in [5.41, 5.74) is 13.4. The average molecular weight is 766 g/mol. The Bertz CT molecular complexity index is 3530. The van der Waals surface area contributed by atoms with Gasteiger partial charge < -0.3 is 13.9 Å². The number of fused-ring (bicyclic) bond motifs is 15. The largest absolute Gasteiger partial charge is 0.457 e. The van der Waals surface area contributed by atoms with Crippen LogP contribution in [0.4, 0.5) is 0 Å². The first-order valence-electron chi connectivity index (χ1n) is 20.1. The van der Waals surface area contributed by atoms with Gasteiger partial charge in [-0.05, 0) is 83.4 Å². The van der Waals surface area contributed by atoms with E-state index in [-0.39, 0.29) is 0 Å². The van der Waals surface area contributed by atoms with Crippen molar-refractivity contribution in [2.24, 2.45) is 0 Å². The highest BCUT2D eigenvalue weighted by atomic mass is 16.5. The van der Waals surface area contributed by atoms with Gasteiger partial charge in [0.1, 0.15) is 17.6 Å². The molecule has 0 fully saturated rings. The minimum atomic E-state index is -0.764. The van der Waals surface area contributed by atoms with E-state index in [1.807, 2.05) is 36.7 Å². The molecule has 1 aliphatic carbocycles. The van der Waals surface area contributed by atoms with Crippen LogP contribution in [0.5, 0.6) is 11.5 Å². The van der Waals surface area contributed by atoms with E-state index in [2.05, 4.69) is 167 Å². The van der Waals surface area contributed by atoms with Gasteiger partial charge in [-0.1, -0.05) is 109 Å². The van der Waals surface area contributed by atoms with Crippen molar-refractivity contribution in [2.45, 2.75) is 5.41 Å². The molecule has 7 aromatic carbocycles. The number of pyridine rings is 2. The van der Waals surface area contributed by atoms with Crippen LogP contribution in [0, 0.1) is 11.3 Å². The van der Waals surface area contributed by atoms with Gasteiger partial charge in [0.25, 0.3) is 0 Å². The molecule has 0 atom stereocenters. The van der Waals surface area contributed by atoms with Crippen LogP contribution < -0.4 is 4.74 Å². The van der Waals surface area contributed by atoms with Crippen molar-refractivity contribution in [2.75, 3.05) is 0 Å². The third-order valence-corrected chi connectivity index (χ3v) is 12.7. The number of aromatic nitrogens is 4. The molecule has 2 aliphatic rings. The molecule has 0 radical (unpaired) electrons. The summed E-state index contributed by atoms with van der Waals surface area (Å²) in [6.07, 6.45) is 3.68. The second kappa shape index (κ2) is 12.1. The lowest BCUT2D eigenvalue weighted by Crippen LogP contribution is -2.32. The van der Waals surface area contributed by atoms with Crippen molar-refractivity contribution in [1.82, 2.24) is 19.1 Å². The molecular formula is C54H31N5O. The molecule has 60 heavy (non-hydrogen) atoms. The Hall–Kier alpha value is -8.27. The zero-order valence-corrected chi connectivity index (χ0v) is 32.0. The molecule has 1 spiro atoms. The van der Waals surface area contributed by atoms with Crippen molar-refractivity contribution in [1.29, 1.82) is 5.26 Å². The van der Waals surface area contributed by atoms with Crippen LogP contribution in [-0.2, 0) is 5.41 Å². The summed E-state index contributed by atoms with van der Waals surface area (Å²) in [5.74, 6) is 1.55. The Morgan fingerprint density at radius 3 is 1.55 bits per heavy atom. The van der Waals surface area contributed by atoms with Crippen molar-refractivity contribution in [3.05, 3.63) is 216 Å². The van der Waals surface area contributed by atoms with Gasteiger partial charge in [0.05, 0.1) is 50.1 Å². The molecule has 6 heteroatoms. The smallest absolute Gasteiger partial charge is 0.132 e. The zero-order chi connectivity index (χ0) is 39.5. The fourth-order valence-corrected chi connectivity index (χ4v) is 10.4. The maximum atomic E-state index is 11.5. The molecule has 0 saturated heterocycles. The summed E-state index contributed by atoms with van der Waals surface area (Å²) in [6, 6.07) is 64.3. The molecule has 0 saturated carbocycles. The van der Waals surface area contributed by atoms with E-state index in [0.29, 0.717) is 5.56 Å². The van der Waals surface area contributed by atoms with Gasteiger partial charge in [-0.2, -0.15) is 5.26 Å². The molecule has 0 amide bonds. The monoisotopic (exact) mass is 765 g/mol. The summed E-state index contributed by atoms with van der Waals surface area (Å²) in [5, 5.41) is 16.1. The van der Waals surface area contributed by atoms with Crippen molar-refractivity contribution < 1.29 is 4.74 Å². The van der Waals surface area contributed by atoms with Crippen molar-refractivity contribution in [3.63, 3.8) is 0 Å². The molecule has 0 bridgehead atoms. The summed E-state index contributed by atoms with van der Waals surface area (Å²) in [4.78, 5) is 9.86. The highest BCUT2D eigenvalue weighted by Crippen LogP contribution is 2.61. The number of ether oxygens (including phenoxy) is 1. The predicted molar refractivity (Wildman–Crippen MR) is 238 cm³/mol. The van der Waals surface area contributed by atoms with Gasteiger partial charge in [-0.3, -0.25) is 9.97 Å². The molecule has 0 unspecified atom stereocenters. The molecule has 278 valence electrons. The first-order valence-corrected chi connectivity index (χ1v) is 20.1. The number of hydrogen-bond donors (Lipinski definition) is 0. The summed E-state index contributed by atoms with van der Waals surface area (Å²) in [6.45, 7) is 0. The SMILES string of the molecule is N#Cc1c(-c2ccc3c(c2)C2(c4ccccc4O3)c3cccnc3-c3ncccc32)cc(-n2c3ccccc3c3ccccc32)cc1-n1c2ccccc2c2ccccc21. The number of benzene rings is 7. The zero-order valence-electron chi connectivity index (χ0n) is 32.0. The molecule has 5 heterocycles. The first kappa shape index (κ1) is 32.8. The van der Waals surface area contributed by atoms with E-state index < -0.39 is 5.41 Å². The third-order valence-electron chi connectivity index (χ3n) is 12.7. The Balaban J connectivity index is 1.16. The van der Waals surface area contributed by atoms with E-state index in [1.165, 1.54) is 10.8 Å². The lowest BCUT2D eigenvalue weighted by Gasteiger charge is -2.39. The van der Waals surface area contributed by atoms with Gasteiger partial charge >= 0.3 is 0 Å². The Labute approximate surface area is 344 Å². The normalized spacial score (nSPS) is 13.2. The Morgan fingerprint density at radius 2 is 0.967 bits per heavy atom. The minimum absolute atomic E-state index is 0.577. The molecule has 11 aromatic rings. The molecule has 13 rings (SSSR count). The number of nitrogens with zero attached hydrogens (tertiary/aromatic N) is 5. The van der Waals surface area contributed by atoms with Gasteiger partial charge in [0.2, 0.25) is 0 Å². The fraction of sp³-hybridized carbons (Fsp3) is 0.0185. The minimum Gasteiger partial charge on any atom is -0.457 e. The van der Waals surface area contributed by atoms with Gasteiger partial charge in [-0.25, -0.2) is 0 Å². The van der Waals surface area contributed by atoms with Crippen LogP contribution in [0.1, 0.15) is 27.8 Å². The molecule has 0 N–H and O–H groups in total. The molecule has 1 aliphatic heterocycles. The van der Waals surface area contributed by atoms with E-state index in [1.54, 1.807) is 0 Å². The van der Waals surface area contributed by atoms with E-state index in [4.69, 9.17) is 14.7 Å². The van der Waals surface area contributed by atoms with Crippen LogP contribution in [-0.4, -0.2) is 19.1 Å². The van der Waals surface area contributed by atoms with E-state index in [9.17, 15) is 5.26 Å². The summed E-state index contributed by atoms with van der Waals surface area (Å²) >= 11 is 0. The topological polar surface area (TPSA) is 68.7 Å². The lowest BCUT2D eigenvalue weighted by atomic mass is 9.66. The summed E-state index contributed by atoms with van der Waals surface area (Å²) < 4.78 is 11.4. The van der Waals surface area contributed by atoms with Gasteiger partial charge in [-0.15, -0.1) is 0 Å². The predicted octanol–water partition coefficient (Wildman–Crippen LogP) is 12.7. The Kier molecular flexibility index (Phi) is 6.62. The van der Waals surface area contributed by atoms with Crippen molar-refractivity contribution >= 4 is 43.6 Å². The number of para-hydroxylation sites is 5. The average Bonchev–Trinajstić information content (AvgIpc) is 3.93. The van der Waals surface area contributed by atoms with Crippen molar-refractivity contribution in [3.8, 4) is 51.5 Å². The summed E-state index contributed by atoms with van der Waals surface area (Å²) in [7, 11) is 0. The van der Waals surface area contributed by atoms with Crippen LogP contribution in [0.15, 0.2) is 188 Å². The third kappa shape index (κ3) is 4.20. The lowest BCUT2D eigenvalue weighted by molar-refractivity contribution is 0.436. The maximum absolute atomic E-state index is 11.5. The van der Waals surface area contributed by atoms with E-state index in [0.717, 1.165) is 100 Å². The highest BCUT2D eigenvalue weighted by Gasteiger charge is 2.52. The highest BCUT2D eigenvalue weighted by molar-refractivity contribution is 6.11. The van der Waals surface area contributed by atoms with Crippen LogP contribution >= 0.6 is 0 Å². The second-order valence-electron chi connectivity index (χ2n) is 15.6. The number of hydrogen-bond acceptors (Lipinski definition) is 4. The fourth-order valence-electron chi connectivity index (χ4n) is 10.4. The van der Waals surface area contributed by atoms with Gasteiger partial charge in [0.15, 0.2) is 0 Å². The first-order chi connectivity index (χ1) is 29.7.